The number of benzene rings is 3. The maximum absolute atomic E-state index is 13.9. The molecule has 7 atom stereocenters. The normalized spacial score (nSPS) is 24.5. The Kier molecular flexibility index (Phi) is 15.9. The lowest BCUT2D eigenvalue weighted by atomic mass is 9.95. The van der Waals surface area contributed by atoms with Crippen molar-refractivity contribution < 1.29 is 52.1 Å². The number of esters is 1. The second-order valence-corrected chi connectivity index (χ2v) is 20.3. The summed E-state index contributed by atoms with van der Waals surface area (Å²) in [6, 6.07) is 24.7. The molecule has 330 valence electrons. The third-order valence-electron chi connectivity index (χ3n) is 12.4. The van der Waals surface area contributed by atoms with Crippen molar-refractivity contribution in [3.63, 3.8) is 0 Å². The van der Waals surface area contributed by atoms with Crippen LogP contribution in [0.3, 0.4) is 0 Å². The van der Waals surface area contributed by atoms with E-state index in [1.54, 1.807) is 44.1 Å². The highest BCUT2D eigenvalue weighted by molar-refractivity contribution is 6.73. The summed E-state index contributed by atoms with van der Waals surface area (Å²) in [5, 5.41) is 11.9. The van der Waals surface area contributed by atoms with Crippen molar-refractivity contribution in [3.05, 3.63) is 111 Å². The molecule has 6 rings (SSSR count). The van der Waals surface area contributed by atoms with Gasteiger partial charge in [0, 0.05) is 38.1 Å². The van der Waals surface area contributed by atoms with Crippen molar-refractivity contribution in [2.75, 3.05) is 33.5 Å². The van der Waals surface area contributed by atoms with Crippen LogP contribution in [0.15, 0.2) is 84.4 Å². The first-order chi connectivity index (χ1) is 29.5. The molecule has 14 nitrogen and oxygen atoms in total. The summed E-state index contributed by atoms with van der Waals surface area (Å²) >= 11 is 0. The third-order valence-corrected chi connectivity index (χ3v) is 17.0. The van der Waals surface area contributed by atoms with Gasteiger partial charge < -0.3 is 42.5 Å². The third kappa shape index (κ3) is 10.3. The first-order valence-electron chi connectivity index (χ1n) is 21.5. The molecule has 0 radical (unpaired) electrons. The number of hydrogen-bond donors (Lipinski definition) is 0. The molecule has 0 saturated carbocycles. The lowest BCUT2D eigenvalue weighted by Gasteiger charge is -2.47. The van der Waals surface area contributed by atoms with Gasteiger partial charge in [0.05, 0.1) is 48.6 Å². The minimum Gasteiger partial charge on any atom is -0.463 e. The largest absolute Gasteiger partial charge is 0.463 e. The zero-order valence-electron chi connectivity index (χ0n) is 36.3. The molecule has 15 heteroatoms. The van der Waals surface area contributed by atoms with Crippen LogP contribution in [0.5, 0.6) is 0 Å². The van der Waals surface area contributed by atoms with Crippen LogP contribution in [0.4, 0.5) is 10.5 Å². The number of hydrogen-bond acceptors (Lipinski definition) is 12. The van der Waals surface area contributed by atoms with Gasteiger partial charge in [-0.3, -0.25) is 10.1 Å². The molecule has 2 heterocycles. The minimum absolute atomic E-state index is 0.0710. The molecule has 2 aliphatic heterocycles. The Morgan fingerprint density at radius 2 is 1.56 bits per heavy atom. The number of nitrogens with zero attached hydrogens (tertiary/aromatic N) is 2. The molecule has 1 aliphatic carbocycles. The van der Waals surface area contributed by atoms with E-state index in [1.807, 2.05) is 31.2 Å². The van der Waals surface area contributed by atoms with E-state index in [4.69, 9.17) is 37.6 Å². The van der Waals surface area contributed by atoms with Gasteiger partial charge in [-0.25, -0.2) is 9.59 Å². The van der Waals surface area contributed by atoms with Gasteiger partial charge in [-0.15, -0.1) is 0 Å². The smallest absolute Gasteiger partial charge is 0.410 e. The Hall–Kier alpha value is -4.48. The van der Waals surface area contributed by atoms with Crippen LogP contribution in [0.1, 0.15) is 70.6 Å². The fraction of sp³-hybridized carbons (Fsp3) is 0.522. The van der Waals surface area contributed by atoms with Crippen molar-refractivity contribution in [2.24, 2.45) is 0 Å². The minimum atomic E-state index is -2.41. The van der Waals surface area contributed by atoms with Crippen LogP contribution in [0.2, 0.25) is 18.1 Å². The van der Waals surface area contributed by atoms with Crippen LogP contribution >= 0.6 is 0 Å². The SMILES string of the molecule is CCOC(=O)/C=C1\[C@@H](C)O[C@@H](OCc2ccccc2[N+](=O)[O-])[C@H](O[C@H]2C[C@H](OC)[C@@H](N(CC)C(=O)OCC3c4ccccc4-c4ccccc43)CO2)[C@H]1O[Si](CC)(CC)CC. The van der Waals surface area contributed by atoms with Crippen molar-refractivity contribution in [3.8, 4) is 11.1 Å². The van der Waals surface area contributed by atoms with Crippen molar-refractivity contribution in [1.29, 1.82) is 0 Å². The zero-order valence-corrected chi connectivity index (χ0v) is 37.3. The van der Waals surface area contributed by atoms with E-state index < -0.39 is 68.3 Å². The van der Waals surface area contributed by atoms with Crippen LogP contribution in [-0.4, -0.2) is 107 Å². The number of carbonyl (C=O) groups is 2. The number of likely N-dealkylation sites (N-methyl/N-ethyl adjacent to an activating group) is 1. The average molecular weight is 861 g/mol. The summed E-state index contributed by atoms with van der Waals surface area (Å²) in [6.45, 7) is 12.4. The predicted octanol–water partition coefficient (Wildman–Crippen LogP) is 8.52. The summed E-state index contributed by atoms with van der Waals surface area (Å²) in [7, 11) is -0.823. The summed E-state index contributed by atoms with van der Waals surface area (Å²) in [6.07, 6.45) is -3.79. The van der Waals surface area contributed by atoms with Gasteiger partial charge in [-0.1, -0.05) is 81.4 Å². The number of carbonyl (C=O) groups excluding carboxylic acids is 2. The number of rotatable bonds is 18. The molecule has 1 amide bonds. The molecule has 61 heavy (non-hydrogen) atoms. The number of nitro groups is 1. The highest BCUT2D eigenvalue weighted by Crippen LogP contribution is 2.45. The van der Waals surface area contributed by atoms with Crippen molar-refractivity contribution in [2.45, 2.75) is 122 Å². The maximum Gasteiger partial charge on any atom is 0.410 e. The van der Waals surface area contributed by atoms with Crippen molar-refractivity contribution in [1.82, 2.24) is 4.90 Å². The first-order valence-corrected chi connectivity index (χ1v) is 24.0. The molecule has 0 N–H and O–H groups in total. The summed E-state index contributed by atoms with van der Waals surface area (Å²) < 4.78 is 50.7. The summed E-state index contributed by atoms with van der Waals surface area (Å²) in [4.78, 5) is 40.0. The van der Waals surface area contributed by atoms with Gasteiger partial charge >= 0.3 is 12.1 Å². The first kappa shape index (κ1) is 46.0. The van der Waals surface area contributed by atoms with E-state index in [2.05, 4.69) is 45.0 Å². The fourth-order valence-corrected chi connectivity index (χ4v) is 11.6. The van der Waals surface area contributed by atoms with Gasteiger partial charge in [0.15, 0.2) is 20.9 Å². The van der Waals surface area contributed by atoms with Gasteiger partial charge in [-0.05, 0) is 72.8 Å². The van der Waals surface area contributed by atoms with E-state index in [9.17, 15) is 19.7 Å². The summed E-state index contributed by atoms with van der Waals surface area (Å²) in [5.74, 6) is -0.634. The quantitative estimate of drug-likeness (QED) is 0.0396. The molecule has 0 unspecified atom stereocenters. The average Bonchev–Trinajstić information content (AvgIpc) is 3.60. The monoisotopic (exact) mass is 860 g/mol. The number of ether oxygens (including phenoxy) is 7. The highest BCUT2D eigenvalue weighted by Gasteiger charge is 2.49. The van der Waals surface area contributed by atoms with Crippen LogP contribution < -0.4 is 0 Å². The zero-order chi connectivity index (χ0) is 43.7. The number of methoxy groups -OCH3 is 1. The molecule has 2 fully saturated rings. The Morgan fingerprint density at radius 3 is 2.16 bits per heavy atom. The van der Waals surface area contributed by atoms with Crippen molar-refractivity contribution >= 4 is 26.1 Å². The van der Waals surface area contributed by atoms with Gasteiger partial charge in [0.2, 0.25) is 0 Å². The molecule has 3 aromatic rings. The Morgan fingerprint density at radius 1 is 0.918 bits per heavy atom. The van der Waals surface area contributed by atoms with Crippen LogP contribution in [0, 0.1) is 10.1 Å². The molecule has 0 aromatic heterocycles. The Balaban J connectivity index is 1.24. The second-order valence-electron chi connectivity index (χ2n) is 15.6. The molecule has 3 aliphatic rings. The highest BCUT2D eigenvalue weighted by atomic mass is 28.4. The standard InChI is InChI=1S/C46H60N2O12Si/c1-8-47(46(50)57-28-37-34-22-16-14-20-32(34)33-21-15-17-23-35(33)37)39-29-55-42(26-40(39)53-7)59-44-43(60-61(10-3,11-4)12-5)36(25-41(49)54-9-2)30(6)58-45(44)56-27-31-19-13-18-24-38(31)48(51)52/h13-25,30,37,39-40,42-45H,8-12,26-29H2,1-7H3/b36-25+/t30-,39+,40+,42+,43+,44-,45-/m1/s1. The lowest BCUT2D eigenvalue weighted by molar-refractivity contribution is -0.386. The Labute approximate surface area is 359 Å². The molecule has 0 bridgehead atoms. The van der Waals surface area contributed by atoms with E-state index in [0.717, 1.165) is 40.4 Å². The topological polar surface area (TPSA) is 154 Å². The van der Waals surface area contributed by atoms with Crippen LogP contribution in [0.25, 0.3) is 11.1 Å². The molecule has 2 saturated heterocycles. The van der Waals surface area contributed by atoms with E-state index in [-0.39, 0.29) is 44.5 Å². The second kappa shape index (κ2) is 21.1. The lowest BCUT2D eigenvalue weighted by Crippen LogP contribution is -2.59. The number of nitro benzene ring substituents is 1. The predicted molar refractivity (Wildman–Crippen MR) is 230 cm³/mol. The Bertz CT molecular complexity index is 1950. The van der Waals surface area contributed by atoms with E-state index >= 15 is 0 Å². The van der Waals surface area contributed by atoms with Gasteiger partial charge in [-0.2, -0.15) is 0 Å². The number of fused-ring (bicyclic) bond motifs is 3. The molecule has 0 spiro atoms. The molecular weight excluding hydrogens is 801 g/mol. The molecule has 3 aromatic carbocycles. The van der Waals surface area contributed by atoms with Gasteiger partial charge in [0.1, 0.15) is 18.8 Å². The maximum atomic E-state index is 13.9. The number of amides is 1. The van der Waals surface area contributed by atoms with E-state index in [1.165, 1.54) is 12.1 Å². The number of para-hydroxylation sites is 1. The van der Waals surface area contributed by atoms with E-state index in [0.29, 0.717) is 17.7 Å². The van der Waals surface area contributed by atoms with Crippen LogP contribution in [-0.2, 0) is 49.0 Å². The summed E-state index contributed by atoms with van der Waals surface area (Å²) in [5.41, 5.74) is 5.35. The molecular formula is C46H60N2O12Si. The fourth-order valence-electron chi connectivity index (χ4n) is 8.82. The van der Waals surface area contributed by atoms with Gasteiger partial charge in [0.25, 0.3) is 5.69 Å².